The van der Waals surface area contributed by atoms with E-state index in [1.165, 1.54) is 18.2 Å². The van der Waals surface area contributed by atoms with Gasteiger partial charge in [-0.05, 0) is 45.4 Å². The quantitative estimate of drug-likeness (QED) is 0.909. The molecule has 1 aliphatic rings. The van der Waals surface area contributed by atoms with Crippen molar-refractivity contribution in [3.63, 3.8) is 0 Å². The van der Waals surface area contributed by atoms with E-state index in [-0.39, 0.29) is 17.6 Å². The molecule has 0 saturated carbocycles. The van der Waals surface area contributed by atoms with Crippen LogP contribution in [0.4, 0.5) is 8.78 Å². The van der Waals surface area contributed by atoms with Crippen molar-refractivity contribution in [1.82, 2.24) is 10.2 Å². The van der Waals surface area contributed by atoms with Crippen LogP contribution in [-0.2, 0) is 0 Å². The van der Waals surface area contributed by atoms with Gasteiger partial charge in [-0.2, -0.15) is 0 Å². The van der Waals surface area contributed by atoms with Crippen molar-refractivity contribution >= 4 is 0 Å². The lowest BCUT2D eigenvalue weighted by Crippen LogP contribution is -2.47. The topological polar surface area (TPSA) is 15.3 Å². The number of piperidine rings is 1. The van der Waals surface area contributed by atoms with E-state index < -0.39 is 11.6 Å². The molecule has 2 unspecified atom stereocenters. The van der Waals surface area contributed by atoms with Gasteiger partial charge in [-0.1, -0.05) is 13.0 Å². The van der Waals surface area contributed by atoms with Crippen molar-refractivity contribution in [2.24, 2.45) is 0 Å². The summed E-state index contributed by atoms with van der Waals surface area (Å²) in [5.41, 5.74) is 0.226. The zero-order chi connectivity index (χ0) is 14.7. The molecule has 2 nitrogen and oxygen atoms in total. The zero-order valence-corrected chi connectivity index (χ0v) is 12.5. The molecule has 0 spiro atoms. The summed E-state index contributed by atoms with van der Waals surface area (Å²) in [5.74, 6) is -0.865. The second-order valence-electron chi connectivity index (χ2n) is 5.76. The number of nitrogens with zero attached hydrogens (tertiary/aromatic N) is 1. The van der Waals surface area contributed by atoms with Crippen molar-refractivity contribution in [3.05, 3.63) is 35.4 Å². The number of halogens is 2. The monoisotopic (exact) mass is 282 g/mol. The summed E-state index contributed by atoms with van der Waals surface area (Å²) in [6, 6.07) is 4.56. The SMILES string of the molecule is CCNC1CCN(C(C)C)C(c2c(F)cccc2F)C1. The molecule has 1 heterocycles. The van der Waals surface area contributed by atoms with Crippen LogP contribution in [0, 0.1) is 11.6 Å². The van der Waals surface area contributed by atoms with Crippen LogP contribution in [0.1, 0.15) is 45.2 Å². The first-order valence-corrected chi connectivity index (χ1v) is 7.47. The number of hydrogen-bond acceptors (Lipinski definition) is 2. The Balaban J connectivity index is 2.31. The second-order valence-corrected chi connectivity index (χ2v) is 5.76. The van der Waals surface area contributed by atoms with Gasteiger partial charge in [-0.15, -0.1) is 0 Å². The Morgan fingerprint density at radius 3 is 2.50 bits per heavy atom. The highest BCUT2D eigenvalue weighted by Crippen LogP contribution is 2.35. The predicted molar refractivity (Wildman–Crippen MR) is 77.6 cm³/mol. The minimum atomic E-state index is -0.433. The Morgan fingerprint density at radius 1 is 1.30 bits per heavy atom. The Bertz CT molecular complexity index is 428. The zero-order valence-electron chi connectivity index (χ0n) is 12.5. The van der Waals surface area contributed by atoms with Crippen LogP contribution in [-0.4, -0.2) is 30.1 Å². The average Bonchev–Trinajstić information content (AvgIpc) is 2.39. The minimum Gasteiger partial charge on any atom is -0.314 e. The molecule has 1 aromatic carbocycles. The molecule has 2 rings (SSSR count). The Kier molecular flexibility index (Phi) is 5.11. The molecule has 1 N–H and O–H groups in total. The van der Waals surface area contributed by atoms with E-state index in [1.807, 2.05) is 0 Å². The van der Waals surface area contributed by atoms with Gasteiger partial charge in [0.1, 0.15) is 11.6 Å². The Labute approximate surface area is 120 Å². The summed E-state index contributed by atoms with van der Waals surface area (Å²) in [4.78, 5) is 2.20. The summed E-state index contributed by atoms with van der Waals surface area (Å²) in [6.45, 7) is 7.98. The maximum absolute atomic E-state index is 14.1. The van der Waals surface area contributed by atoms with E-state index in [1.54, 1.807) is 0 Å². The summed E-state index contributed by atoms with van der Waals surface area (Å²) < 4.78 is 28.2. The molecule has 0 amide bonds. The molecule has 112 valence electrons. The lowest BCUT2D eigenvalue weighted by molar-refractivity contribution is 0.0883. The van der Waals surface area contributed by atoms with Crippen LogP contribution in [0.2, 0.25) is 0 Å². The largest absolute Gasteiger partial charge is 0.314 e. The van der Waals surface area contributed by atoms with Crippen LogP contribution < -0.4 is 5.32 Å². The fourth-order valence-corrected chi connectivity index (χ4v) is 3.19. The number of nitrogens with one attached hydrogen (secondary N) is 1. The fourth-order valence-electron chi connectivity index (χ4n) is 3.19. The molecule has 0 aromatic heterocycles. The smallest absolute Gasteiger partial charge is 0.130 e. The van der Waals surface area contributed by atoms with Crippen molar-refractivity contribution in [3.8, 4) is 0 Å². The third kappa shape index (κ3) is 3.18. The summed E-state index contributed by atoms with van der Waals surface area (Å²) in [6.07, 6.45) is 1.78. The molecular weight excluding hydrogens is 258 g/mol. The van der Waals surface area contributed by atoms with E-state index in [4.69, 9.17) is 0 Å². The van der Waals surface area contributed by atoms with Crippen molar-refractivity contribution in [2.75, 3.05) is 13.1 Å². The van der Waals surface area contributed by atoms with Crippen molar-refractivity contribution in [2.45, 2.75) is 51.7 Å². The highest BCUT2D eigenvalue weighted by molar-refractivity contribution is 5.24. The number of rotatable bonds is 4. The molecule has 2 atom stereocenters. The molecule has 1 aromatic rings. The number of hydrogen-bond donors (Lipinski definition) is 1. The number of likely N-dealkylation sites (tertiary alicyclic amines) is 1. The van der Waals surface area contributed by atoms with Gasteiger partial charge in [0.05, 0.1) is 0 Å². The number of benzene rings is 1. The van der Waals surface area contributed by atoms with Gasteiger partial charge in [0.15, 0.2) is 0 Å². The van der Waals surface area contributed by atoms with Gasteiger partial charge < -0.3 is 5.32 Å². The molecule has 1 aliphatic heterocycles. The van der Waals surface area contributed by atoms with Crippen molar-refractivity contribution < 1.29 is 8.78 Å². The average molecular weight is 282 g/mol. The van der Waals surface area contributed by atoms with E-state index in [0.29, 0.717) is 6.04 Å². The van der Waals surface area contributed by atoms with Gasteiger partial charge >= 0.3 is 0 Å². The highest BCUT2D eigenvalue weighted by atomic mass is 19.1. The third-order valence-electron chi connectivity index (χ3n) is 4.13. The molecule has 1 fully saturated rings. The van der Waals surface area contributed by atoms with Gasteiger partial charge in [-0.3, -0.25) is 4.90 Å². The van der Waals surface area contributed by atoms with E-state index in [0.717, 1.165) is 25.9 Å². The summed E-state index contributed by atoms with van der Waals surface area (Å²) in [7, 11) is 0. The maximum Gasteiger partial charge on any atom is 0.130 e. The first-order chi connectivity index (χ1) is 9.54. The van der Waals surface area contributed by atoms with Gasteiger partial charge in [0.2, 0.25) is 0 Å². The van der Waals surface area contributed by atoms with Crippen molar-refractivity contribution in [1.29, 1.82) is 0 Å². The molecule has 4 heteroatoms. The molecule has 1 saturated heterocycles. The highest BCUT2D eigenvalue weighted by Gasteiger charge is 2.33. The van der Waals surface area contributed by atoms with Crippen LogP contribution >= 0.6 is 0 Å². The van der Waals surface area contributed by atoms with Gasteiger partial charge in [0.25, 0.3) is 0 Å². The normalized spacial score (nSPS) is 24.3. The molecule has 0 radical (unpaired) electrons. The van der Waals surface area contributed by atoms with Crippen LogP contribution in [0.15, 0.2) is 18.2 Å². The first-order valence-electron chi connectivity index (χ1n) is 7.47. The standard InChI is InChI=1S/C16H24F2N2/c1-4-19-12-8-9-20(11(2)3)15(10-12)16-13(17)6-5-7-14(16)18/h5-7,11-12,15,19H,4,8-10H2,1-3H3. The Morgan fingerprint density at radius 2 is 1.95 bits per heavy atom. The predicted octanol–water partition coefficient (Wildman–Crippen LogP) is 3.49. The molecular formula is C16H24F2N2. The van der Waals surface area contributed by atoms with Crippen LogP contribution in [0.3, 0.4) is 0 Å². The van der Waals surface area contributed by atoms with Gasteiger partial charge in [0, 0.05) is 30.2 Å². The fraction of sp³-hybridized carbons (Fsp3) is 0.625. The first kappa shape index (κ1) is 15.4. The van der Waals surface area contributed by atoms with Crippen LogP contribution in [0.5, 0.6) is 0 Å². The molecule has 0 bridgehead atoms. The lowest BCUT2D eigenvalue weighted by Gasteiger charge is -2.42. The maximum atomic E-state index is 14.1. The molecule has 20 heavy (non-hydrogen) atoms. The third-order valence-corrected chi connectivity index (χ3v) is 4.13. The van der Waals surface area contributed by atoms with E-state index in [9.17, 15) is 8.78 Å². The van der Waals surface area contributed by atoms with Gasteiger partial charge in [-0.25, -0.2) is 8.78 Å². The van der Waals surface area contributed by atoms with E-state index >= 15 is 0 Å². The summed E-state index contributed by atoms with van der Waals surface area (Å²) >= 11 is 0. The molecule has 0 aliphatic carbocycles. The van der Waals surface area contributed by atoms with Crippen LogP contribution in [0.25, 0.3) is 0 Å². The lowest BCUT2D eigenvalue weighted by atomic mass is 9.90. The Hall–Kier alpha value is -1.00. The minimum absolute atomic E-state index is 0.186. The second kappa shape index (κ2) is 6.64. The van der Waals surface area contributed by atoms with E-state index in [2.05, 4.69) is 31.0 Å². The summed E-state index contributed by atoms with van der Waals surface area (Å²) in [5, 5.41) is 3.41.